The molecule has 128 valence electrons. The number of hydrogen-bond acceptors (Lipinski definition) is 4. The van der Waals surface area contributed by atoms with Gasteiger partial charge in [-0.25, -0.2) is 0 Å². The van der Waals surface area contributed by atoms with Crippen LogP contribution in [0.15, 0.2) is 42.5 Å². The van der Waals surface area contributed by atoms with E-state index in [1.165, 1.54) is 14.0 Å². The minimum absolute atomic E-state index is 0.164. The molecular weight excluding hydrogens is 318 g/mol. The van der Waals surface area contributed by atoms with Crippen LogP contribution < -0.4 is 15.4 Å². The molecule has 0 atom stereocenters. The Morgan fingerprint density at radius 2 is 1.84 bits per heavy atom. The topological polar surface area (TPSA) is 91.2 Å². The highest BCUT2D eigenvalue weighted by Gasteiger charge is 2.10. The lowest BCUT2D eigenvalue weighted by Crippen LogP contribution is -2.14. The van der Waals surface area contributed by atoms with E-state index in [1.807, 2.05) is 12.1 Å². The molecule has 0 aliphatic carbocycles. The summed E-state index contributed by atoms with van der Waals surface area (Å²) in [6, 6.07) is 14.2. The first-order valence-electron chi connectivity index (χ1n) is 7.76. The van der Waals surface area contributed by atoms with Crippen molar-refractivity contribution in [2.45, 2.75) is 19.8 Å². The van der Waals surface area contributed by atoms with Crippen molar-refractivity contribution >= 4 is 23.2 Å². The molecule has 0 aliphatic heterocycles. The lowest BCUT2D eigenvalue weighted by atomic mass is 10.1. The van der Waals surface area contributed by atoms with Gasteiger partial charge in [0.25, 0.3) is 0 Å². The Hall–Kier alpha value is -3.33. The van der Waals surface area contributed by atoms with Crippen molar-refractivity contribution in [2.75, 3.05) is 17.7 Å². The number of carbonyl (C=O) groups excluding carboxylic acids is 2. The number of carbonyl (C=O) groups is 2. The van der Waals surface area contributed by atoms with Crippen LogP contribution in [0.3, 0.4) is 0 Å². The second kappa shape index (κ2) is 8.50. The number of amides is 2. The molecule has 2 N–H and O–H groups in total. The number of nitrogens with zero attached hydrogens (tertiary/aromatic N) is 1. The normalized spacial score (nSPS) is 9.80. The van der Waals surface area contributed by atoms with Crippen LogP contribution in [-0.4, -0.2) is 18.9 Å². The number of methoxy groups -OCH3 is 1. The molecule has 6 heteroatoms. The van der Waals surface area contributed by atoms with Gasteiger partial charge in [0.05, 0.1) is 24.4 Å². The Balaban J connectivity index is 2.00. The summed E-state index contributed by atoms with van der Waals surface area (Å²) in [6.45, 7) is 1.42. The maximum Gasteiger partial charge on any atom is 0.224 e. The van der Waals surface area contributed by atoms with Gasteiger partial charge in [0.15, 0.2) is 0 Å². The Labute approximate surface area is 146 Å². The molecule has 0 aliphatic rings. The van der Waals surface area contributed by atoms with Gasteiger partial charge in [-0.15, -0.1) is 0 Å². The number of ether oxygens (including phenoxy) is 1. The van der Waals surface area contributed by atoms with Crippen LogP contribution >= 0.6 is 0 Å². The molecule has 0 bridgehead atoms. The molecule has 0 saturated heterocycles. The van der Waals surface area contributed by atoms with Gasteiger partial charge in [0.2, 0.25) is 11.8 Å². The SMILES string of the molecule is COc1ccc(NC(C)=O)cc1NC(=O)CCc1ccc(C#N)cc1. The average Bonchev–Trinajstić information content (AvgIpc) is 2.60. The number of nitriles is 1. The van der Waals surface area contributed by atoms with Gasteiger partial charge in [-0.3, -0.25) is 9.59 Å². The lowest BCUT2D eigenvalue weighted by Gasteiger charge is -2.12. The number of anilines is 2. The summed E-state index contributed by atoms with van der Waals surface area (Å²) in [6.07, 6.45) is 0.852. The van der Waals surface area contributed by atoms with Crippen LogP contribution in [0.25, 0.3) is 0 Å². The summed E-state index contributed by atoms with van der Waals surface area (Å²) in [5.74, 6) is 0.159. The third-order valence-electron chi connectivity index (χ3n) is 3.52. The van der Waals surface area contributed by atoms with Crippen molar-refractivity contribution in [3.05, 3.63) is 53.6 Å². The van der Waals surface area contributed by atoms with E-state index in [1.54, 1.807) is 30.3 Å². The number of hydrogen-bond donors (Lipinski definition) is 2. The van der Waals surface area contributed by atoms with Crippen LogP contribution in [-0.2, 0) is 16.0 Å². The predicted octanol–water partition coefficient (Wildman–Crippen LogP) is 3.10. The maximum absolute atomic E-state index is 12.2. The van der Waals surface area contributed by atoms with Crippen molar-refractivity contribution < 1.29 is 14.3 Å². The Kier molecular flexibility index (Phi) is 6.13. The highest BCUT2D eigenvalue weighted by atomic mass is 16.5. The van der Waals surface area contributed by atoms with Crippen LogP contribution in [0.2, 0.25) is 0 Å². The van der Waals surface area contributed by atoms with E-state index in [0.717, 1.165) is 5.56 Å². The Morgan fingerprint density at radius 1 is 1.12 bits per heavy atom. The second-order valence-corrected chi connectivity index (χ2v) is 5.45. The summed E-state index contributed by atoms with van der Waals surface area (Å²) in [5.41, 5.74) is 2.65. The van der Waals surface area contributed by atoms with Gasteiger partial charge in [-0.05, 0) is 42.3 Å². The fraction of sp³-hybridized carbons (Fsp3) is 0.211. The molecule has 25 heavy (non-hydrogen) atoms. The zero-order chi connectivity index (χ0) is 18.2. The first-order valence-corrected chi connectivity index (χ1v) is 7.76. The highest BCUT2D eigenvalue weighted by Crippen LogP contribution is 2.28. The zero-order valence-electron chi connectivity index (χ0n) is 14.1. The van der Waals surface area contributed by atoms with E-state index in [-0.39, 0.29) is 11.8 Å². The van der Waals surface area contributed by atoms with Crippen molar-refractivity contribution in [2.24, 2.45) is 0 Å². The van der Waals surface area contributed by atoms with Crippen LogP contribution in [0.4, 0.5) is 11.4 Å². The van der Waals surface area contributed by atoms with Gasteiger partial charge < -0.3 is 15.4 Å². The van der Waals surface area contributed by atoms with Crippen LogP contribution in [0, 0.1) is 11.3 Å². The van der Waals surface area contributed by atoms with E-state index in [2.05, 4.69) is 16.7 Å². The quantitative estimate of drug-likeness (QED) is 0.847. The van der Waals surface area contributed by atoms with Crippen LogP contribution in [0.5, 0.6) is 5.75 Å². The molecule has 0 spiro atoms. The standard InChI is InChI=1S/C19H19N3O3/c1-13(23)21-16-8-9-18(25-2)17(11-16)22-19(24)10-7-14-3-5-15(12-20)6-4-14/h3-6,8-9,11H,7,10H2,1-2H3,(H,21,23)(H,22,24). The van der Waals surface area contributed by atoms with E-state index in [9.17, 15) is 9.59 Å². The van der Waals surface area contributed by atoms with Gasteiger partial charge in [0.1, 0.15) is 5.75 Å². The molecule has 2 amide bonds. The highest BCUT2D eigenvalue weighted by molar-refractivity contribution is 5.95. The first-order chi connectivity index (χ1) is 12.0. The summed E-state index contributed by atoms with van der Waals surface area (Å²) in [4.78, 5) is 23.4. The molecule has 0 fully saturated rings. The van der Waals surface area contributed by atoms with E-state index >= 15 is 0 Å². The number of benzene rings is 2. The van der Waals surface area contributed by atoms with Crippen molar-refractivity contribution in [1.29, 1.82) is 5.26 Å². The van der Waals surface area contributed by atoms with Gasteiger partial charge in [0, 0.05) is 19.0 Å². The third kappa shape index (κ3) is 5.36. The summed E-state index contributed by atoms with van der Waals surface area (Å²) >= 11 is 0. The lowest BCUT2D eigenvalue weighted by molar-refractivity contribution is -0.116. The Morgan fingerprint density at radius 3 is 2.44 bits per heavy atom. The second-order valence-electron chi connectivity index (χ2n) is 5.45. The largest absolute Gasteiger partial charge is 0.495 e. The van der Waals surface area contributed by atoms with Gasteiger partial charge in [-0.1, -0.05) is 12.1 Å². The minimum Gasteiger partial charge on any atom is -0.495 e. The van der Waals surface area contributed by atoms with E-state index in [4.69, 9.17) is 10.00 Å². The van der Waals surface area contributed by atoms with Crippen molar-refractivity contribution in [3.8, 4) is 11.8 Å². The first kappa shape index (κ1) is 18.0. The van der Waals surface area contributed by atoms with Gasteiger partial charge in [-0.2, -0.15) is 5.26 Å². The van der Waals surface area contributed by atoms with Gasteiger partial charge >= 0.3 is 0 Å². The molecule has 0 radical (unpaired) electrons. The zero-order valence-corrected chi connectivity index (χ0v) is 14.1. The monoisotopic (exact) mass is 337 g/mol. The van der Waals surface area contributed by atoms with E-state index < -0.39 is 0 Å². The summed E-state index contributed by atoms with van der Waals surface area (Å²) < 4.78 is 5.24. The molecule has 0 aromatic heterocycles. The fourth-order valence-electron chi connectivity index (χ4n) is 2.30. The number of aryl methyl sites for hydroxylation is 1. The van der Waals surface area contributed by atoms with Crippen molar-refractivity contribution in [3.63, 3.8) is 0 Å². The average molecular weight is 337 g/mol. The van der Waals surface area contributed by atoms with Crippen molar-refractivity contribution in [1.82, 2.24) is 0 Å². The molecule has 0 saturated carbocycles. The third-order valence-corrected chi connectivity index (χ3v) is 3.52. The summed E-state index contributed by atoms with van der Waals surface area (Å²) in [7, 11) is 1.51. The molecule has 2 rings (SSSR count). The smallest absolute Gasteiger partial charge is 0.224 e. The number of nitrogens with one attached hydrogen (secondary N) is 2. The predicted molar refractivity (Wildman–Crippen MR) is 95.4 cm³/mol. The molecular formula is C19H19N3O3. The van der Waals surface area contributed by atoms with Crippen LogP contribution in [0.1, 0.15) is 24.5 Å². The number of rotatable bonds is 6. The molecule has 2 aromatic carbocycles. The minimum atomic E-state index is -0.191. The maximum atomic E-state index is 12.2. The molecule has 6 nitrogen and oxygen atoms in total. The summed E-state index contributed by atoms with van der Waals surface area (Å²) in [5, 5.41) is 14.3. The van der Waals surface area contributed by atoms with E-state index in [0.29, 0.717) is 35.5 Å². The molecule has 0 heterocycles. The molecule has 0 unspecified atom stereocenters. The molecule has 2 aromatic rings. The Bertz CT molecular complexity index is 808. The fourth-order valence-corrected chi connectivity index (χ4v) is 2.30.